The SMILES string of the molecule is Cc1ccc(S(=O)(=O)OC[C@H]2CC[C@H]3[C@@H]4CC[C@H]5C[C@H](O[C@H]6CCCCO6)CC[C@]5(C)[C@H]4CC[C@]23C)cc1. The van der Waals surface area contributed by atoms with Crippen molar-refractivity contribution < 1.29 is 22.1 Å². The second-order valence-electron chi connectivity index (χ2n) is 13.9. The van der Waals surface area contributed by atoms with Crippen molar-refractivity contribution in [2.75, 3.05) is 13.2 Å². The lowest BCUT2D eigenvalue weighted by molar-refractivity contribution is -0.212. The number of ether oxygens (including phenoxy) is 2. The predicted molar refractivity (Wildman–Crippen MR) is 148 cm³/mol. The summed E-state index contributed by atoms with van der Waals surface area (Å²) in [6, 6.07) is 7.00. The second kappa shape index (κ2) is 10.5. The minimum Gasteiger partial charge on any atom is -0.353 e. The van der Waals surface area contributed by atoms with E-state index in [0.717, 1.165) is 42.8 Å². The van der Waals surface area contributed by atoms with Crippen LogP contribution in [0.5, 0.6) is 0 Å². The molecule has 1 aromatic rings. The number of hydrogen-bond donors (Lipinski definition) is 0. The van der Waals surface area contributed by atoms with Crippen LogP contribution in [0.1, 0.15) is 96.5 Å². The van der Waals surface area contributed by atoms with Gasteiger partial charge in [-0.3, -0.25) is 4.18 Å². The van der Waals surface area contributed by atoms with Gasteiger partial charge in [-0.15, -0.1) is 0 Å². The maximum absolute atomic E-state index is 12.9. The van der Waals surface area contributed by atoms with E-state index in [2.05, 4.69) is 13.8 Å². The molecule has 0 unspecified atom stereocenters. The minimum atomic E-state index is -3.71. The number of aryl methyl sites for hydroxylation is 1. The van der Waals surface area contributed by atoms with E-state index in [0.29, 0.717) is 30.0 Å². The number of benzene rings is 1. The smallest absolute Gasteiger partial charge is 0.296 e. The van der Waals surface area contributed by atoms with Crippen LogP contribution in [0.2, 0.25) is 0 Å². The molecule has 0 N–H and O–H groups in total. The Morgan fingerprint density at radius 3 is 2.42 bits per heavy atom. The first-order valence-corrected chi connectivity index (χ1v) is 16.8. The molecular formula is C32H48O5S. The van der Waals surface area contributed by atoms with Gasteiger partial charge in [0, 0.05) is 6.61 Å². The van der Waals surface area contributed by atoms with Gasteiger partial charge in [0.2, 0.25) is 0 Å². The lowest BCUT2D eigenvalue weighted by Gasteiger charge is -2.61. The molecule has 4 aliphatic carbocycles. The summed E-state index contributed by atoms with van der Waals surface area (Å²) < 4.78 is 43.9. The Morgan fingerprint density at radius 2 is 1.66 bits per heavy atom. The molecule has 6 heteroatoms. The summed E-state index contributed by atoms with van der Waals surface area (Å²) in [7, 11) is -3.71. The Bertz CT molecular complexity index is 1080. The standard InChI is InChI=1S/C32H48O5S/c1-22-7-11-26(12-8-22)38(33,34)36-21-24-10-14-28-27-13-9-23-20-25(37-30-6-4-5-19-35-30)15-17-31(23,2)29(27)16-18-32(24,28)3/h7-8,11-12,23-25,27-30H,4-6,9-10,13-21H2,1-3H3/t23-,24+,25+,27-,28-,29-,30-,31-,32+/m0/s1. The fourth-order valence-corrected chi connectivity index (χ4v) is 10.7. The van der Waals surface area contributed by atoms with Gasteiger partial charge in [0.1, 0.15) is 0 Å². The first-order valence-electron chi connectivity index (χ1n) is 15.4. The first-order chi connectivity index (χ1) is 18.2. The summed E-state index contributed by atoms with van der Waals surface area (Å²) in [6.07, 6.45) is 14.9. The normalized spacial score (nSPS) is 43.2. The molecule has 0 bridgehead atoms. The lowest BCUT2D eigenvalue weighted by Crippen LogP contribution is -2.54. The largest absolute Gasteiger partial charge is 0.353 e. The fraction of sp³-hybridized carbons (Fsp3) is 0.812. The van der Waals surface area contributed by atoms with E-state index in [1.165, 1.54) is 64.2 Å². The quantitative estimate of drug-likeness (QED) is 0.278. The molecular weight excluding hydrogens is 496 g/mol. The van der Waals surface area contributed by atoms with Gasteiger partial charge in [0.25, 0.3) is 10.1 Å². The summed E-state index contributed by atoms with van der Waals surface area (Å²) in [5.74, 6) is 3.34. The van der Waals surface area contributed by atoms with Crippen LogP contribution in [0, 0.1) is 47.3 Å². The molecule has 212 valence electrons. The van der Waals surface area contributed by atoms with Gasteiger partial charge in [-0.1, -0.05) is 31.5 Å². The zero-order valence-corrected chi connectivity index (χ0v) is 24.5. The van der Waals surface area contributed by atoms with Crippen LogP contribution in [0.15, 0.2) is 29.2 Å². The van der Waals surface area contributed by atoms with Crippen LogP contribution in [0.25, 0.3) is 0 Å². The topological polar surface area (TPSA) is 61.8 Å². The maximum Gasteiger partial charge on any atom is 0.296 e. The average Bonchev–Trinajstić information content (AvgIpc) is 3.25. The van der Waals surface area contributed by atoms with Crippen molar-refractivity contribution in [3.8, 4) is 0 Å². The van der Waals surface area contributed by atoms with E-state index < -0.39 is 10.1 Å². The molecule has 5 aliphatic rings. The summed E-state index contributed by atoms with van der Waals surface area (Å²) in [6.45, 7) is 8.20. The average molecular weight is 545 g/mol. The molecule has 1 heterocycles. The van der Waals surface area contributed by atoms with Crippen molar-refractivity contribution in [2.45, 2.75) is 115 Å². The van der Waals surface area contributed by atoms with Crippen molar-refractivity contribution in [3.05, 3.63) is 29.8 Å². The van der Waals surface area contributed by atoms with Crippen LogP contribution >= 0.6 is 0 Å². The molecule has 0 aromatic heterocycles. The highest BCUT2D eigenvalue weighted by Crippen LogP contribution is 2.67. The Morgan fingerprint density at radius 1 is 0.895 bits per heavy atom. The molecule has 4 saturated carbocycles. The summed E-state index contributed by atoms with van der Waals surface area (Å²) in [5, 5.41) is 0. The Balaban J connectivity index is 1.09. The Labute approximate surface area is 230 Å². The third-order valence-corrected chi connectivity index (χ3v) is 13.3. The van der Waals surface area contributed by atoms with Crippen LogP contribution < -0.4 is 0 Å². The van der Waals surface area contributed by atoms with Crippen molar-refractivity contribution >= 4 is 10.1 Å². The van der Waals surface area contributed by atoms with E-state index in [-0.39, 0.29) is 16.6 Å². The molecule has 1 saturated heterocycles. The van der Waals surface area contributed by atoms with E-state index in [1.807, 2.05) is 19.1 Å². The monoisotopic (exact) mass is 544 g/mol. The van der Waals surface area contributed by atoms with Crippen molar-refractivity contribution in [2.24, 2.45) is 40.4 Å². The van der Waals surface area contributed by atoms with Gasteiger partial charge in [-0.05, 0) is 137 Å². The number of fused-ring (bicyclic) bond motifs is 5. The van der Waals surface area contributed by atoms with Crippen molar-refractivity contribution in [1.29, 1.82) is 0 Å². The number of hydrogen-bond acceptors (Lipinski definition) is 5. The first kappa shape index (κ1) is 27.2. The zero-order chi connectivity index (χ0) is 26.5. The van der Waals surface area contributed by atoms with Crippen LogP contribution in [0.4, 0.5) is 0 Å². The summed E-state index contributed by atoms with van der Waals surface area (Å²) in [4.78, 5) is 0.271. The highest BCUT2D eigenvalue weighted by atomic mass is 32.2. The van der Waals surface area contributed by atoms with E-state index >= 15 is 0 Å². The minimum absolute atomic E-state index is 0.0253. The molecule has 5 nitrogen and oxygen atoms in total. The molecule has 1 aliphatic heterocycles. The third-order valence-electron chi connectivity index (χ3n) is 12.0. The van der Waals surface area contributed by atoms with E-state index in [1.54, 1.807) is 12.1 Å². The molecule has 0 spiro atoms. The van der Waals surface area contributed by atoms with E-state index in [4.69, 9.17) is 13.7 Å². The molecule has 0 radical (unpaired) electrons. The van der Waals surface area contributed by atoms with Crippen molar-refractivity contribution in [1.82, 2.24) is 0 Å². The summed E-state index contributed by atoms with van der Waals surface area (Å²) in [5.41, 5.74) is 1.65. The van der Waals surface area contributed by atoms with Gasteiger partial charge < -0.3 is 9.47 Å². The zero-order valence-electron chi connectivity index (χ0n) is 23.7. The van der Waals surface area contributed by atoms with Gasteiger partial charge in [0.05, 0.1) is 17.6 Å². The number of rotatable bonds is 6. The molecule has 38 heavy (non-hydrogen) atoms. The second-order valence-corrected chi connectivity index (χ2v) is 15.5. The Hall–Kier alpha value is -0.950. The Kier molecular flexibility index (Phi) is 7.50. The van der Waals surface area contributed by atoms with Gasteiger partial charge in [0.15, 0.2) is 6.29 Å². The predicted octanol–water partition coefficient (Wildman–Crippen LogP) is 7.27. The third kappa shape index (κ3) is 4.90. The molecule has 1 aromatic carbocycles. The van der Waals surface area contributed by atoms with Gasteiger partial charge >= 0.3 is 0 Å². The van der Waals surface area contributed by atoms with Crippen LogP contribution in [-0.2, 0) is 23.8 Å². The van der Waals surface area contributed by atoms with Gasteiger partial charge in [-0.2, -0.15) is 8.42 Å². The molecule has 9 atom stereocenters. The van der Waals surface area contributed by atoms with Crippen molar-refractivity contribution in [3.63, 3.8) is 0 Å². The van der Waals surface area contributed by atoms with Crippen LogP contribution in [0.3, 0.4) is 0 Å². The van der Waals surface area contributed by atoms with E-state index in [9.17, 15) is 8.42 Å². The van der Waals surface area contributed by atoms with Gasteiger partial charge in [-0.25, -0.2) is 0 Å². The lowest BCUT2D eigenvalue weighted by atomic mass is 9.44. The molecule has 0 amide bonds. The fourth-order valence-electron chi connectivity index (χ4n) is 9.70. The molecule has 5 fully saturated rings. The summed E-state index contributed by atoms with van der Waals surface area (Å²) >= 11 is 0. The maximum atomic E-state index is 12.9. The highest BCUT2D eigenvalue weighted by Gasteiger charge is 2.60. The highest BCUT2D eigenvalue weighted by molar-refractivity contribution is 7.86. The van der Waals surface area contributed by atoms with Crippen LogP contribution in [-0.4, -0.2) is 34.0 Å². The molecule has 6 rings (SSSR count).